The lowest BCUT2D eigenvalue weighted by molar-refractivity contribution is 0.0443. The standard InChI is InChI=1S/C14H17ClN2O3S/c15-13-4-3-5-14(12-13)21(18,19)16-6-1-2-7-17-8-10-20-11-9-17/h3-5,12,16H,6-11H2. The van der Waals surface area contributed by atoms with Gasteiger partial charge in [0.1, 0.15) is 0 Å². The predicted molar refractivity (Wildman–Crippen MR) is 81.7 cm³/mol. The summed E-state index contributed by atoms with van der Waals surface area (Å²) in [5, 5.41) is 0.385. The van der Waals surface area contributed by atoms with Crippen molar-refractivity contribution in [2.75, 3.05) is 39.4 Å². The van der Waals surface area contributed by atoms with Gasteiger partial charge in [-0.15, -0.1) is 0 Å². The van der Waals surface area contributed by atoms with E-state index in [1.165, 1.54) is 12.1 Å². The Kier molecular flexibility index (Phi) is 6.03. The molecule has 21 heavy (non-hydrogen) atoms. The first kappa shape index (κ1) is 16.3. The first-order valence-electron chi connectivity index (χ1n) is 6.59. The summed E-state index contributed by atoms with van der Waals surface area (Å²) in [5.41, 5.74) is 0. The Labute approximate surface area is 130 Å². The second kappa shape index (κ2) is 7.78. The molecule has 1 fully saturated rings. The first-order chi connectivity index (χ1) is 10.1. The molecule has 2 rings (SSSR count). The average Bonchev–Trinajstić information content (AvgIpc) is 2.48. The molecule has 1 aromatic carbocycles. The van der Waals surface area contributed by atoms with Crippen molar-refractivity contribution in [1.29, 1.82) is 0 Å². The highest BCUT2D eigenvalue weighted by Gasteiger charge is 2.12. The van der Waals surface area contributed by atoms with Crippen LogP contribution >= 0.6 is 11.6 Å². The molecule has 0 atom stereocenters. The molecule has 7 heteroatoms. The van der Waals surface area contributed by atoms with E-state index in [0.29, 0.717) is 11.6 Å². The molecule has 0 amide bonds. The van der Waals surface area contributed by atoms with Crippen LogP contribution in [0, 0.1) is 11.8 Å². The molecule has 0 radical (unpaired) electrons. The van der Waals surface area contributed by atoms with Crippen molar-refractivity contribution in [2.24, 2.45) is 0 Å². The van der Waals surface area contributed by atoms with Crippen LogP contribution in [-0.4, -0.2) is 52.7 Å². The van der Waals surface area contributed by atoms with Crippen molar-refractivity contribution in [1.82, 2.24) is 9.62 Å². The van der Waals surface area contributed by atoms with Gasteiger partial charge in [0, 0.05) is 18.1 Å². The summed E-state index contributed by atoms with van der Waals surface area (Å²) in [4.78, 5) is 2.31. The smallest absolute Gasteiger partial charge is 0.241 e. The third kappa shape index (κ3) is 5.30. The Morgan fingerprint density at radius 1 is 1.29 bits per heavy atom. The lowest BCUT2D eigenvalue weighted by Crippen LogP contribution is -2.36. The summed E-state index contributed by atoms with van der Waals surface area (Å²) in [6.07, 6.45) is 0. The first-order valence-corrected chi connectivity index (χ1v) is 8.45. The molecule has 0 aromatic heterocycles. The summed E-state index contributed by atoms with van der Waals surface area (Å²) in [6.45, 7) is 3.89. The van der Waals surface area contributed by atoms with Gasteiger partial charge in [0.15, 0.2) is 0 Å². The zero-order chi connectivity index (χ0) is 15.1. The van der Waals surface area contributed by atoms with Crippen molar-refractivity contribution in [3.8, 4) is 11.8 Å². The lowest BCUT2D eigenvalue weighted by atomic mass is 10.4. The zero-order valence-corrected chi connectivity index (χ0v) is 13.1. The van der Waals surface area contributed by atoms with E-state index < -0.39 is 10.0 Å². The van der Waals surface area contributed by atoms with Crippen LogP contribution in [0.25, 0.3) is 0 Å². The fourth-order valence-electron chi connectivity index (χ4n) is 1.84. The Morgan fingerprint density at radius 3 is 2.76 bits per heavy atom. The molecule has 0 aliphatic carbocycles. The van der Waals surface area contributed by atoms with Gasteiger partial charge in [-0.25, -0.2) is 8.42 Å². The highest BCUT2D eigenvalue weighted by molar-refractivity contribution is 7.89. The quantitative estimate of drug-likeness (QED) is 0.836. The minimum Gasteiger partial charge on any atom is -0.379 e. The minimum atomic E-state index is -3.56. The number of rotatable bonds is 4. The number of hydrogen-bond donors (Lipinski definition) is 1. The fourth-order valence-corrected chi connectivity index (χ4v) is 3.06. The SMILES string of the molecule is O=S(=O)(NCC#CCN1CCOCC1)c1cccc(Cl)c1. The van der Waals surface area contributed by atoms with Crippen molar-refractivity contribution in [3.05, 3.63) is 29.3 Å². The van der Waals surface area contributed by atoms with Crippen LogP contribution in [0.4, 0.5) is 0 Å². The fraction of sp³-hybridized carbons (Fsp3) is 0.429. The maximum atomic E-state index is 12.0. The van der Waals surface area contributed by atoms with Gasteiger partial charge < -0.3 is 4.74 Å². The van der Waals surface area contributed by atoms with Gasteiger partial charge in [-0.05, 0) is 18.2 Å². The van der Waals surface area contributed by atoms with Gasteiger partial charge >= 0.3 is 0 Å². The third-order valence-corrected chi connectivity index (χ3v) is 4.62. The van der Waals surface area contributed by atoms with Gasteiger partial charge in [-0.2, -0.15) is 4.72 Å². The van der Waals surface area contributed by atoms with Crippen LogP contribution in [0.1, 0.15) is 0 Å². The largest absolute Gasteiger partial charge is 0.379 e. The van der Waals surface area contributed by atoms with E-state index in [1.54, 1.807) is 12.1 Å². The molecule has 114 valence electrons. The molecule has 1 saturated heterocycles. The molecule has 1 aliphatic heterocycles. The Balaban J connectivity index is 1.82. The highest BCUT2D eigenvalue weighted by atomic mass is 35.5. The monoisotopic (exact) mass is 328 g/mol. The maximum Gasteiger partial charge on any atom is 0.241 e. The molecular weight excluding hydrogens is 312 g/mol. The van der Waals surface area contributed by atoms with Crippen LogP contribution in [-0.2, 0) is 14.8 Å². The number of morpholine rings is 1. The van der Waals surface area contributed by atoms with E-state index >= 15 is 0 Å². The van der Waals surface area contributed by atoms with Gasteiger partial charge in [0.25, 0.3) is 0 Å². The summed E-state index contributed by atoms with van der Waals surface area (Å²) in [7, 11) is -3.56. The number of ether oxygens (including phenoxy) is 1. The minimum absolute atomic E-state index is 0.0825. The zero-order valence-electron chi connectivity index (χ0n) is 11.5. The van der Waals surface area contributed by atoms with Crippen molar-refractivity contribution in [2.45, 2.75) is 4.90 Å². The summed E-state index contributed by atoms with van der Waals surface area (Å²) >= 11 is 5.78. The van der Waals surface area contributed by atoms with Crippen molar-refractivity contribution < 1.29 is 13.2 Å². The number of sulfonamides is 1. The maximum absolute atomic E-state index is 12.0. The second-order valence-corrected chi connectivity index (χ2v) is 6.73. The van der Waals surface area contributed by atoms with Gasteiger partial charge in [-0.1, -0.05) is 29.5 Å². The molecule has 5 nitrogen and oxygen atoms in total. The lowest BCUT2D eigenvalue weighted by Gasteiger charge is -2.24. The van der Waals surface area contributed by atoms with E-state index in [1.807, 2.05) is 0 Å². The summed E-state index contributed by atoms with van der Waals surface area (Å²) in [5.74, 6) is 5.78. The average molecular weight is 329 g/mol. The Bertz CT molecular complexity index is 631. The second-order valence-electron chi connectivity index (χ2n) is 4.52. The summed E-state index contributed by atoms with van der Waals surface area (Å²) in [6, 6.07) is 6.13. The van der Waals surface area contributed by atoms with E-state index in [-0.39, 0.29) is 11.4 Å². The summed E-state index contributed by atoms with van der Waals surface area (Å²) < 4.78 is 31.6. The third-order valence-electron chi connectivity index (χ3n) is 2.99. The number of halogens is 1. The van der Waals surface area contributed by atoms with E-state index in [9.17, 15) is 8.42 Å². The van der Waals surface area contributed by atoms with Crippen LogP contribution in [0.2, 0.25) is 5.02 Å². The van der Waals surface area contributed by atoms with Crippen LogP contribution in [0.15, 0.2) is 29.2 Å². The Hall–Kier alpha value is -1.10. The van der Waals surface area contributed by atoms with E-state index in [2.05, 4.69) is 21.5 Å². The van der Waals surface area contributed by atoms with Gasteiger partial charge in [0.05, 0.1) is 31.2 Å². The topological polar surface area (TPSA) is 58.6 Å². The van der Waals surface area contributed by atoms with Crippen LogP contribution in [0.5, 0.6) is 0 Å². The molecule has 1 aliphatic rings. The van der Waals surface area contributed by atoms with E-state index in [4.69, 9.17) is 16.3 Å². The Morgan fingerprint density at radius 2 is 2.05 bits per heavy atom. The van der Waals surface area contributed by atoms with Crippen LogP contribution < -0.4 is 4.72 Å². The van der Waals surface area contributed by atoms with Gasteiger partial charge in [0.2, 0.25) is 10.0 Å². The van der Waals surface area contributed by atoms with Crippen molar-refractivity contribution >= 4 is 21.6 Å². The molecular formula is C14H17ClN2O3S. The molecule has 1 aromatic rings. The molecule has 0 bridgehead atoms. The van der Waals surface area contributed by atoms with Crippen molar-refractivity contribution in [3.63, 3.8) is 0 Å². The predicted octanol–water partition coefficient (Wildman–Crippen LogP) is 0.954. The number of benzene rings is 1. The normalized spacial score (nSPS) is 16.2. The number of hydrogen-bond acceptors (Lipinski definition) is 4. The molecule has 0 unspecified atom stereocenters. The molecule has 0 spiro atoms. The number of nitrogens with zero attached hydrogens (tertiary/aromatic N) is 1. The molecule has 1 N–H and O–H groups in total. The molecule has 1 heterocycles. The highest BCUT2D eigenvalue weighted by Crippen LogP contribution is 2.14. The number of nitrogens with one attached hydrogen (secondary N) is 1. The van der Waals surface area contributed by atoms with Crippen LogP contribution in [0.3, 0.4) is 0 Å². The van der Waals surface area contributed by atoms with E-state index in [0.717, 1.165) is 26.3 Å². The van der Waals surface area contributed by atoms with Gasteiger partial charge in [-0.3, -0.25) is 4.90 Å². The molecule has 0 saturated carbocycles.